The molecule has 0 saturated heterocycles. The molecule has 0 unspecified atom stereocenters. The second kappa shape index (κ2) is 4.39. The van der Waals surface area contributed by atoms with Crippen molar-refractivity contribution in [2.24, 2.45) is 0 Å². The monoisotopic (exact) mass is 301 g/mol. The highest BCUT2D eigenvalue weighted by Gasteiger charge is 2.17. The Kier molecular flexibility index (Phi) is 3.11. The van der Waals surface area contributed by atoms with Crippen molar-refractivity contribution < 1.29 is 13.9 Å². The molecular formula is C10H8BrNO3S. The molecule has 2 aromatic heterocycles. The number of halogens is 1. The Bertz CT molecular complexity index is 532. The summed E-state index contributed by atoms with van der Waals surface area (Å²) in [6, 6.07) is 3.58. The Balaban J connectivity index is 2.41. The maximum atomic E-state index is 11.4. The van der Waals surface area contributed by atoms with Crippen LogP contribution in [0.25, 0.3) is 10.8 Å². The minimum Gasteiger partial charge on any atom is -0.465 e. The van der Waals surface area contributed by atoms with Crippen molar-refractivity contribution in [3.63, 3.8) is 0 Å². The first-order chi connectivity index (χ1) is 7.61. The number of aryl methyl sites for hydroxylation is 1. The minimum absolute atomic E-state index is 0.369. The molecule has 0 aliphatic rings. The average Bonchev–Trinajstić information content (AvgIpc) is 2.83. The standard InChI is InChI=1S/C10H8BrNO3S/c1-5-8(10(13)14-2)16-9(12-5)6-3-4-7(11)15-6/h3-4H,1-2H3. The predicted molar refractivity (Wildman–Crippen MR) is 63.6 cm³/mol. The second-order valence-corrected chi connectivity index (χ2v) is 4.81. The molecule has 16 heavy (non-hydrogen) atoms. The van der Waals surface area contributed by atoms with Crippen LogP contribution in [0.3, 0.4) is 0 Å². The van der Waals surface area contributed by atoms with Gasteiger partial charge in [0, 0.05) is 0 Å². The van der Waals surface area contributed by atoms with Gasteiger partial charge in [-0.3, -0.25) is 0 Å². The van der Waals surface area contributed by atoms with E-state index in [1.807, 2.05) is 0 Å². The number of rotatable bonds is 2. The van der Waals surface area contributed by atoms with Crippen molar-refractivity contribution >= 4 is 33.2 Å². The third-order valence-corrected chi connectivity index (χ3v) is 3.53. The highest BCUT2D eigenvalue weighted by molar-refractivity contribution is 9.10. The molecule has 0 amide bonds. The number of thiazole rings is 1. The van der Waals surface area contributed by atoms with E-state index in [1.54, 1.807) is 19.1 Å². The van der Waals surface area contributed by atoms with Gasteiger partial charge in [0.25, 0.3) is 0 Å². The zero-order chi connectivity index (χ0) is 11.7. The van der Waals surface area contributed by atoms with E-state index in [0.717, 1.165) is 0 Å². The topological polar surface area (TPSA) is 52.3 Å². The highest BCUT2D eigenvalue weighted by atomic mass is 79.9. The van der Waals surface area contributed by atoms with Crippen LogP contribution in [-0.2, 0) is 4.74 Å². The summed E-state index contributed by atoms with van der Waals surface area (Å²) in [5.41, 5.74) is 0.652. The molecule has 2 heterocycles. The third kappa shape index (κ3) is 2.03. The van der Waals surface area contributed by atoms with Crippen molar-refractivity contribution in [1.29, 1.82) is 0 Å². The van der Waals surface area contributed by atoms with Crippen LogP contribution in [0.4, 0.5) is 0 Å². The average molecular weight is 302 g/mol. The summed E-state index contributed by atoms with van der Waals surface area (Å²) in [5.74, 6) is 0.266. The van der Waals surface area contributed by atoms with Gasteiger partial charge in [-0.1, -0.05) is 0 Å². The lowest BCUT2D eigenvalue weighted by molar-refractivity contribution is 0.0605. The van der Waals surface area contributed by atoms with Crippen LogP contribution in [-0.4, -0.2) is 18.1 Å². The molecule has 2 rings (SSSR count). The first-order valence-corrected chi connectivity index (χ1v) is 6.04. The van der Waals surface area contributed by atoms with Gasteiger partial charge in [-0.2, -0.15) is 0 Å². The molecule has 0 aliphatic carbocycles. The number of ether oxygens (including phenoxy) is 1. The Morgan fingerprint density at radius 2 is 2.31 bits per heavy atom. The Labute approximate surface area is 104 Å². The van der Waals surface area contributed by atoms with Gasteiger partial charge in [0.15, 0.2) is 15.4 Å². The van der Waals surface area contributed by atoms with Gasteiger partial charge in [0.05, 0.1) is 12.8 Å². The van der Waals surface area contributed by atoms with E-state index in [9.17, 15) is 4.79 Å². The van der Waals surface area contributed by atoms with Crippen LogP contribution in [0.5, 0.6) is 0 Å². The fraction of sp³-hybridized carbons (Fsp3) is 0.200. The van der Waals surface area contributed by atoms with Crippen molar-refractivity contribution in [3.05, 3.63) is 27.4 Å². The molecule has 2 aromatic rings. The summed E-state index contributed by atoms with van der Waals surface area (Å²) < 4.78 is 10.7. The van der Waals surface area contributed by atoms with Gasteiger partial charge >= 0.3 is 5.97 Å². The molecule has 0 N–H and O–H groups in total. The number of furan rings is 1. The number of nitrogens with zero attached hydrogens (tertiary/aromatic N) is 1. The first kappa shape index (κ1) is 11.3. The number of carbonyl (C=O) groups excluding carboxylic acids is 1. The second-order valence-electron chi connectivity index (χ2n) is 3.03. The maximum absolute atomic E-state index is 11.4. The smallest absolute Gasteiger partial charge is 0.349 e. The number of aromatic nitrogens is 1. The number of carbonyl (C=O) groups is 1. The van der Waals surface area contributed by atoms with Crippen LogP contribution in [0, 0.1) is 6.92 Å². The SMILES string of the molecule is COC(=O)c1sc(-c2ccc(Br)o2)nc1C. The van der Waals surface area contributed by atoms with Crippen molar-refractivity contribution in [3.8, 4) is 10.8 Å². The van der Waals surface area contributed by atoms with E-state index < -0.39 is 0 Å². The molecule has 0 aromatic carbocycles. The molecule has 0 saturated carbocycles. The molecule has 0 bridgehead atoms. The number of methoxy groups -OCH3 is 1. The summed E-state index contributed by atoms with van der Waals surface area (Å²) in [7, 11) is 1.35. The molecule has 0 aliphatic heterocycles. The normalized spacial score (nSPS) is 10.4. The summed E-state index contributed by atoms with van der Waals surface area (Å²) >= 11 is 4.47. The summed E-state index contributed by atoms with van der Waals surface area (Å²) in [6.45, 7) is 1.77. The third-order valence-electron chi connectivity index (χ3n) is 1.95. The largest absolute Gasteiger partial charge is 0.465 e. The highest BCUT2D eigenvalue weighted by Crippen LogP contribution is 2.30. The number of hydrogen-bond acceptors (Lipinski definition) is 5. The zero-order valence-electron chi connectivity index (χ0n) is 8.61. The lowest BCUT2D eigenvalue weighted by atomic mass is 10.4. The summed E-state index contributed by atoms with van der Waals surface area (Å²) in [6.07, 6.45) is 0. The van der Waals surface area contributed by atoms with Crippen molar-refractivity contribution in [2.45, 2.75) is 6.92 Å². The molecule has 6 heteroatoms. The van der Waals surface area contributed by atoms with E-state index >= 15 is 0 Å². The van der Waals surface area contributed by atoms with E-state index in [4.69, 9.17) is 4.42 Å². The van der Waals surface area contributed by atoms with Gasteiger partial charge in [-0.25, -0.2) is 9.78 Å². The van der Waals surface area contributed by atoms with Crippen LogP contribution in [0.15, 0.2) is 21.2 Å². The van der Waals surface area contributed by atoms with E-state index in [-0.39, 0.29) is 5.97 Å². The zero-order valence-corrected chi connectivity index (χ0v) is 11.0. The number of hydrogen-bond donors (Lipinski definition) is 0. The van der Waals surface area contributed by atoms with Crippen LogP contribution < -0.4 is 0 Å². The molecule has 0 atom stereocenters. The van der Waals surface area contributed by atoms with Crippen LogP contribution >= 0.6 is 27.3 Å². The van der Waals surface area contributed by atoms with E-state index in [0.29, 0.717) is 26.0 Å². The lowest BCUT2D eigenvalue weighted by Crippen LogP contribution is -1.99. The van der Waals surface area contributed by atoms with E-state index in [2.05, 4.69) is 25.7 Å². The molecule has 0 spiro atoms. The predicted octanol–water partition coefficient (Wildman–Crippen LogP) is 3.26. The van der Waals surface area contributed by atoms with Gasteiger partial charge in [-0.15, -0.1) is 11.3 Å². The Morgan fingerprint density at radius 1 is 1.56 bits per heavy atom. The maximum Gasteiger partial charge on any atom is 0.349 e. The van der Waals surface area contributed by atoms with Crippen molar-refractivity contribution in [2.75, 3.05) is 7.11 Å². The van der Waals surface area contributed by atoms with Gasteiger partial charge in [0.2, 0.25) is 0 Å². The van der Waals surface area contributed by atoms with Gasteiger partial charge < -0.3 is 9.15 Å². The minimum atomic E-state index is -0.369. The summed E-state index contributed by atoms with van der Waals surface area (Å²) in [4.78, 5) is 16.2. The molecule has 0 radical (unpaired) electrons. The van der Waals surface area contributed by atoms with E-state index in [1.165, 1.54) is 18.4 Å². The quantitative estimate of drug-likeness (QED) is 0.799. The molecular weight excluding hydrogens is 294 g/mol. The fourth-order valence-electron chi connectivity index (χ4n) is 1.21. The summed E-state index contributed by atoms with van der Waals surface area (Å²) in [5, 5.41) is 0.670. The van der Waals surface area contributed by atoms with Crippen molar-refractivity contribution in [1.82, 2.24) is 4.98 Å². The van der Waals surface area contributed by atoms with Gasteiger partial charge in [-0.05, 0) is 35.0 Å². The number of esters is 1. The Hall–Kier alpha value is -1.14. The van der Waals surface area contributed by atoms with Crippen LogP contribution in [0.2, 0.25) is 0 Å². The molecule has 84 valence electrons. The lowest BCUT2D eigenvalue weighted by Gasteiger charge is -1.93. The Morgan fingerprint density at radius 3 is 2.88 bits per heavy atom. The van der Waals surface area contributed by atoms with Crippen LogP contribution in [0.1, 0.15) is 15.4 Å². The molecule has 0 fully saturated rings. The van der Waals surface area contributed by atoms with Gasteiger partial charge in [0.1, 0.15) is 4.88 Å². The molecule has 4 nitrogen and oxygen atoms in total. The fourth-order valence-corrected chi connectivity index (χ4v) is 2.47. The first-order valence-electron chi connectivity index (χ1n) is 4.43.